The van der Waals surface area contributed by atoms with E-state index in [1.165, 1.54) is 12.1 Å². The normalized spacial score (nSPS) is 10.9. The van der Waals surface area contributed by atoms with Crippen LogP contribution in [0.5, 0.6) is 0 Å². The van der Waals surface area contributed by atoms with Gasteiger partial charge in [-0.15, -0.1) is 0 Å². The maximum atomic E-state index is 13.1. The van der Waals surface area contributed by atoms with Gasteiger partial charge in [-0.05, 0) is 62.4 Å². The molecule has 0 N–H and O–H groups in total. The van der Waals surface area contributed by atoms with E-state index in [-0.39, 0.29) is 17.5 Å². The van der Waals surface area contributed by atoms with Gasteiger partial charge in [0.1, 0.15) is 11.6 Å². The van der Waals surface area contributed by atoms with Crippen molar-refractivity contribution in [1.29, 1.82) is 0 Å². The number of carbonyl (C=O) groups is 1. The van der Waals surface area contributed by atoms with Gasteiger partial charge in [-0.3, -0.25) is 4.79 Å². The monoisotopic (exact) mass is 403 g/mol. The van der Waals surface area contributed by atoms with E-state index in [0.29, 0.717) is 17.9 Å². The van der Waals surface area contributed by atoms with E-state index in [1.807, 2.05) is 48.9 Å². The summed E-state index contributed by atoms with van der Waals surface area (Å²) in [4.78, 5) is 14.5. The minimum absolute atomic E-state index is 0.227. The zero-order valence-corrected chi connectivity index (χ0v) is 17.1. The molecule has 2 aromatic heterocycles. The van der Waals surface area contributed by atoms with Crippen LogP contribution in [0.4, 0.5) is 4.39 Å². The Labute approximate surface area is 174 Å². The van der Waals surface area contributed by atoms with Crippen molar-refractivity contribution in [2.45, 2.75) is 20.4 Å². The average Bonchev–Trinajstić information content (AvgIpc) is 3.35. The van der Waals surface area contributed by atoms with Crippen LogP contribution in [-0.2, 0) is 6.54 Å². The number of amides is 1. The molecule has 4 aromatic rings. The van der Waals surface area contributed by atoms with Gasteiger partial charge >= 0.3 is 0 Å². The molecule has 1 amide bonds. The van der Waals surface area contributed by atoms with Crippen LogP contribution < -0.4 is 0 Å². The Morgan fingerprint density at radius 1 is 1.03 bits per heavy atom. The third kappa shape index (κ3) is 3.76. The molecule has 2 aromatic carbocycles. The first kappa shape index (κ1) is 19.6. The van der Waals surface area contributed by atoms with Gasteiger partial charge in [0.15, 0.2) is 5.76 Å². The molecule has 0 unspecified atom stereocenters. The number of carbonyl (C=O) groups excluding carboxylic acids is 1. The lowest BCUT2D eigenvalue weighted by atomic mass is 10.2. The lowest BCUT2D eigenvalue weighted by Gasteiger charge is -2.16. The van der Waals surface area contributed by atoms with Crippen LogP contribution in [0.1, 0.15) is 27.5 Å². The van der Waals surface area contributed by atoms with Crippen LogP contribution in [0.3, 0.4) is 0 Å². The number of para-hydroxylation sites is 1. The second kappa shape index (κ2) is 7.99. The second-order valence-corrected chi connectivity index (χ2v) is 7.23. The highest BCUT2D eigenvalue weighted by molar-refractivity contribution is 5.92. The van der Waals surface area contributed by atoms with Crippen molar-refractivity contribution in [3.8, 4) is 17.0 Å². The zero-order valence-electron chi connectivity index (χ0n) is 17.1. The summed E-state index contributed by atoms with van der Waals surface area (Å²) in [6, 6.07) is 19.2. The van der Waals surface area contributed by atoms with Crippen molar-refractivity contribution in [3.63, 3.8) is 0 Å². The summed E-state index contributed by atoms with van der Waals surface area (Å²) in [5.74, 6) is 0.219. The van der Waals surface area contributed by atoms with Crippen LogP contribution in [0, 0.1) is 19.7 Å². The number of benzene rings is 2. The average molecular weight is 403 g/mol. The Balaban J connectivity index is 1.53. The quantitative estimate of drug-likeness (QED) is 0.462. The van der Waals surface area contributed by atoms with Crippen molar-refractivity contribution in [2.75, 3.05) is 7.05 Å². The largest absolute Gasteiger partial charge is 0.451 e. The summed E-state index contributed by atoms with van der Waals surface area (Å²) in [7, 11) is 1.74. The van der Waals surface area contributed by atoms with Gasteiger partial charge in [-0.2, -0.15) is 5.10 Å². The molecule has 0 aliphatic rings. The van der Waals surface area contributed by atoms with Crippen LogP contribution in [-0.4, -0.2) is 27.6 Å². The fourth-order valence-electron chi connectivity index (χ4n) is 3.44. The molecule has 6 heteroatoms. The summed E-state index contributed by atoms with van der Waals surface area (Å²) in [5, 5.41) is 4.64. The van der Waals surface area contributed by atoms with Crippen LogP contribution in [0.25, 0.3) is 17.0 Å². The maximum Gasteiger partial charge on any atom is 0.289 e. The molecule has 0 bridgehead atoms. The SMILES string of the molecule is Cc1nn(-c2ccccc2)c(C)c1CN(C)C(=O)c1ccc(-c2ccc(F)cc2)o1. The second-order valence-electron chi connectivity index (χ2n) is 7.23. The molecule has 152 valence electrons. The maximum absolute atomic E-state index is 13.1. The Morgan fingerprint density at radius 3 is 2.43 bits per heavy atom. The van der Waals surface area contributed by atoms with E-state index in [4.69, 9.17) is 4.42 Å². The Hall–Kier alpha value is -3.67. The van der Waals surface area contributed by atoms with Crippen molar-refractivity contribution in [1.82, 2.24) is 14.7 Å². The summed E-state index contributed by atoms with van der Waals surface area (Å²) in [6.07, 6.45) is 0. The lowest BCUT2D eigenvalue weighted by Crippen LogP contribution is -2.26. The number of aryl methyl sites for hydroxylation is 1. The zero-order chi connectivity index (χ0) is 21.3. The number of halogens is 1. The third-order valence-electron chi connectivity index (χ3n) is 5.13. The van der Waals surface area contributed by atoms with Crippen molar-refractivity contribution < 1.29 is 13.6 Å². The van der Waals surface area contributed by atoms with Crippen LogP contribution in [0.2, 0.25) is 0 Å². The Bertz CT molecular complexity index is 1180. The van der Waals surface area contributed by atoms with E-state index >= 15 is 0 Å². The molecule has 4 rings (SSSR count). The summed E-state index contributed by atoms with van der Waals surface area (Å²) in [5.41, 5.74) is 4.56. The highest BCUT2D eigenvalue weighted by atomic mass is 19.1. The standard InChI is InChI=1S/C24H22FN3O2/c1-16-21(17(2)28(26-16)20-7-5-4-6-8-20)15-27(3)24(29)23-14-13-22(30-23)18-9-11-19(25)12-10-18/h4-14H,15H2,1-3H3. The molecule has 0 atom stereocenters. The predicted octanol–water partition coefficient (Wildman–Crippen LogP) is 5.16. The fourth-order valence-corrected chi connectivity index (χ4v) is 3.44. The van der Waals surface area contributed by atoms with Gasteiger partial charge < -0.3 is 9.32 Å². The molecule has 0 spiro atoms. The third-order valence-corrected chi connectivity index (χ3v) is 5.13. The van der Waals surface area contributed by atoms with E-state index in [1.54, 1.807) is 36.2 Å². The first-order valence-corrected chi connectivity index (χ1v) is 9.66. The molecule has 0 aliphatic heterocycles. The van der Waals surface area contributed by atoms with E-state index in [2.05, 4.69) is 5.10 Å². The number of aromatic nitrogens is 2. The molecule has 2 heterocycles. The van der Waals surface area contributed by atoms with Crippen molar-refractivity contribution in [2.24, 2.45) is 0 Å². The minimum Gasteiger partial charge on any atom is -0.451 e. The topological polar surface area (TPSA) is 51.3 Å². The highest BCUT2D eigenvalue weighted by Crippen LogP contribution is 2.24. The number of hydrogen-bond donors (Lipinski definition) is 0. The molecule has 0 saturated carbocycles. The van der Waals surface area contributed by atoms with Gasteiger partial charge in [0.05, 0.1) is 11.4 Å². The minimum atomic E-state index is -0.317. The van der Waals surface area contributed by atoms with Crippen molar-refractivity contribution in [3.05, 3.63) is 95.3 Å². The predicted molar refractivity (Wildman–Crippen MR) is 113 cm³/mol. The Morgan fingerprint density at radius 2 is 1.73 bits per heavy atom. The molecule has 0 radical (unpaired) electrons. The summed E-state index contributed by atoms with van der Waals surface area (Å²) >= 11 is 0. The first-order valence-electron chi connectivity index (χ1n) is 9.66. The van der Waals surface area contributed by atoms with E-state index in [9.17, 15) is 9.18 Å². The van der Waals surface area contributed by atoms with Gasteiger partial charge in [-0.1, -0.05) is 18.2 Å². The summed E-state index contributed by atoms with van der Waals surface area (Å²) < 4.78 is 20.7. The smallest absolute Gasteiger partial charge is 0.289 e. The van der Waals surface area contributed by atoms with Gasteiger partial charge in [0.25, 0.3) is 5.91 Å². The molecular weight excluding hydrogens is 381 g/mol. The van der Waals surface area contributed by atoms with Gasteiger partial charge in [-0.25, -0.2) is 9.07 Å². The lowest BCUT2D eigenvalue weighted by molar-refractivity contribution is 0.0754. The van der Waals surface area contributed by atoms with E-state index in [0.717, 1.165) is 22.6 Å². The molecule has 0 fully saturated rings. The number of furan rings is 1. The van der Waals surface area contributed by atoms with Gasteiger partial charge in [0.2, 0.25) is 0 Å². The highest BCUT2D eigenvalue weighted by Gasteiger charge is 2.20. The fraction of sp³-hybridized carbons (Fsp3) is 0.167. The molecule has 0 saturated heterocycles. The van der Waals surface area contributed by atoms with Crippen LogP contribution in [0.15, 0.2) is 71.1 Å². The van der Waals surface area contributed by atoms with Crippen LogP contribution >= 0.6 is 0 Å². The first-order chi connectivity index (χ1) is 14.4. The summed E-state index contributed by atoms with van der Waals surface area (Å²) in [6.45, 7) is 4.36. The molecule has 30 heavy (non-hydrogen) atoms. The molecule has 0 aliphatic carbocycles. The molecule has 5 nitrogen and oxygen atoms in total. The number of nitrogens with zero attached hydrogens (tertiary/aromatic N) is 3. The Kier molecular flexibility index (Phi) is 5.23. The van der Waals surface area contributed by atoms with E-state index < -0.39 is 0 Å². The van der Waals surface area contributed by atoms with Crippen molar-refractivity contribution >= 4 is 5.91 Å². The molecular formula is C24H22FN3O2. The number of hydrogen-bond acceptors (Lipinski definition) is 3. The number of rotatable bonds is 5. The van der Waals surface area contributed by atoms with Gasteiger partial charge in [0, 0.05) is 30.4 Å².